The quantitative estimate of drug-likeness (QED) is 0.848. The highest BCUT2D eigenvalue weighted by Gasteiger charge is 2.16. The Kier molecular flexibility index (Phi) is 16.8. The number of nitrogens with one attached hydrogen (secondary N) is 1. The highest BCUT2D eigenvalue weighted by molar-refractivity contribution is 5.86. The Morgan fingerprint density at radius 3 is 1.88 bits per heavy atom. The van der Waals surface area contributed by atoms with E-state index in [-0.39, 0.29) is 37.2 Å². The monoisotopic (exact) mass is 293 g/mol. The van der Waals surface area contributed by atoms with Gasteiger partial charge in [0.1, 0.15) is 0 Å². The maximum Gasteiger partial charge on any atom is 0.0117 e. The van der Waals surface area contributed by atoms with E-state index in [1.807, 2.05) is 0 Å². The van der Waals surface area contributed by atoms with Crippen molar-refractivity contribution in [1.82, 2.24) is 15.1 Å². The van der Waals surface area contributed by atoms with Gasteiger partial charge >= 0.3 is 0 Å². The van der Waals surface area contributed by atoms with Crippen molar-refractivity contribution < 1.29 is 0 Å². The molecule has 0 spiro atoms. The fraction of sp³-hybridized carbons (Fsp3) is 1.00. The number of rotatable bonds is 4. The Hall–Kier alpha value is 0.750. The minimum atomic E-state index is 0. The van der Waals surface area contributed by atoms with Crippen molar-refractivity contribution >= 4 is 37.2 Å². The summed E-state index contributed by atoms with van der Waals surface area (Å²) in [6.07, 6.45) is 2.62. The summed E-state index contributed by atoms with van der Waals surface area (Å²) in [6.45, 7) is 4.74. The molecule has 1 fully saturated rings. The molecule has 1 N–H and O–H groups in total. The lowest BCUT2D eigenvalue weighted by Gasteiger charge is -2.32. The topological polar surface area (TPSA) is 18.5 Å². The third-order valence-electron chi connectivity index (χ3n) is 2.83. The van der Waals surface area contributed by atoms with Gasteiger partial charge in [0.2, 0.25) is 0 Å². The maximum atomic E-state index is 3.40. The summed E-state index contributed by atoms with van der Waals surface area (Å²) >= 11 is 0. The van der Waals surface area contributed by atoms with Crippen molar-refractivity contribution in [3.63, 3.8) is 0 Å². The molecule has 0 amide bonds. The Morgan fingerprint density at radius 1 is 0.938 bits per heavy atom. The minimum Gasteiger partial charge on any atom is -0.317 e. The summed E-state index contributed by atoms with van der Waals surface area (Å²) < 4.78 is 0. The third-order valence-corrected chi connectivity index (χ3v) is 2.83. The van der Waals surface area contributed by atoms with Gasteiger partial charge in [-0.15, -0.1) is 37.2 Å². The van der Waals surface area contributed by atoms with Gasteiger partial charge < -0.3 is 15.1 Å². The second-order valence-electron chi connectivity index (χ2n) is 4.27. The van der Waals surface area contributed by atoms with Crippen LogP contribution in [-0.2, 0) is 0 Å². The van der Waals surface area contributed by atoms with Crippen LogP contribution in [0.1, 0.15) is 12.8 Å². The van der Waals surface area contributed by atoms with Crippen molar-refractivity contribution in [3.05, 3.63) is 0 Å². The molecule has 1 rings (SSSR count). The summed E-state index contributed by atoms with van der Waals surface area (Å²) in [4.78, 5) is 4.75. The Bertz CT molecular complexity index is 141. The molecular formula is C10H26Cl3N3. The lowest BCUT2D eigenvalue weighted by molar-refractivity contribution is 0.183. The van der Waals surface area contributed by atoms with Crippen LogP contribution >= 0.6 is 37.2 Å². The highest BCUT2D eigenvalue weighted by atomic mass is 35.5. The van der Waals surface area contributed by atoms with Crippen molar-refractivity contribution in [3.8, 4) is 0 Å². The number of halogens is 3. The molecule has 0 aromatic rings. The fourth-order valence-electron chi connectivity index (χ4n) is 1.79. The minimum absolute atomic E-state index is 0. The van der Waals surface area contributed by atoms with E-state index in [2.05, 4.69) is 36.3 Å². The van der Waals surface area contributed by atoms with E-state index in [9.17, 15) is 0 Å². The summed E-state index contributed by atoms with van der Waals surface area (Å²) in [5, 5.41) is 3.40. The highest BCUT2D eigenvalue weighted by Crippen LogP contribution is 2.08. The van der Waals surface area contributed by atoms with Crippen LogP contribution in [0.2, 0.25) is 0 Å². The van der Waals surface area contributed by atoms with E-state index in [0.717, 1.165) is 6.04 Å². The smallest absolute Gasteiger partial charge is 0.0117 e. The van der Waals surface area contributed by atoms with Gasteiger partial charge in [-0.1, -0.05) is 0 Å². The molecule has 1 heterocycles. The van der Waals surface area contributed by atoms with E-state index in [1.165, 1.54) is 39.0 Å². The molecule has 6 heteroatoms. The molecule has 0 atom stereocenters. The molecule has 0 bridgehead atoms. The van der Waals surface area contributed by atoms with Gasteiger partial charge in [-0.2, -0.15) is 0 Å². The van der Waals surface area contributed by atoms with Crippen LogP contribution in [0.15, 0.2) is 0 Å². The Morgan fingerprint density at radius 2 is 1.44 bits per heavy atom. The molecule has 1 aliphatic rings. The molecule has 0 aliphatic carbocycles. The van der Waals surface area contributed by atoms with E-state index in [0.29, 0.717) is 0 Å². The molecule has 3 nitrogen and oxygen atoms in total. The average molecular weight is 295 g/mol. The first-order valence-electron chi connectivity index (χ1n) is 5.26. The van der Waals surface area contributed by atoms with E-state index in [1.54, 1.807) is 0 Å². The Labute approximate surface area is 119 Å². The summed E-state index contributed by atoms with van der Waals surface area (Å²) in [6, 6.07) is 0.807. The second-order valence-corrected chi connectivity index (χ2v) is 4.27. The Balaban J connectivity index is -0.000000563. The van der Waals surface area contributed by atoms with E-state index >= 15 is 0 Å². The standard InChI is InChI=1S/C10H23N3.3ClH/c1-12(2)8-9-13(3)10-4-6-11-7-5-10;;;/h10-11H,4-9H2,1-3H3;3*1H. The predicted octanol–water partition coefficient (Wildman–Crippen LogP) is 1.50. The fourth-order valence-corrected chi connectivity index (χ4v) is 1.79. The maximum absolute atomic E-state index is 3.40. The van der Waals surface area contributed by atoms with Gasteiger partial charge in [0.05, 0.1) is 0 Å². The average Bonchev–Trinajstić information content (AvgIpc) is 2.15. The van der Waals surface area contributed by atoms with Crippen LogP contribution in [0.5, 0.6) is 0 Å². The first-order valence-corrected chi connectivity index (χ1v) is 5.26. The lowest BCUT2D eigenvalue weighted by Crippen LogP contribution is -2.43. The number of nitrogens with zero attached hydrogens (tertiary/aromatic N) is 2. The van der Waals surface area contributed by atoms with Crippen LogP contribution in [0.25, 0.3) is 0 Å². The number of piperidine rings is 1. The first kappa shape index (κ1) is 22.0. The predicted molar refractivity (Wildman–Crippen MR) is 78.8 cm³/mol. The molecule has 0 radical (unpaired) electrons. The summed E-state index contributed by atoms with van der Waals surface area (Å²) in [5.74, 6) is 0. The zero-order chi connectivity index (χ0) is 9.68. The molecule has 0 aromatic carbocycles. The van der Waals surface area contributed by atoms with Gasteiger partial charge in [-0.25, -0.2) is 0 Å². The normalized spacial score (nSPS) is 16.3. The number of hydrogen-bond donors (Lipinski definition) is 1. The number of hydrogen-bond acceptors (Lipinski definition) is 3. The van der Waals surface area contributed by atoms with Gasteiger partial charge in [0.25, 0.3) is 0 Å². The summed E-state index contributed by atoms with van der Waals surface area (Å²) in [5.41, 5.74) is 0. The van der Waals surface area contributed by atoms with Gasteiger partial charge in [0.15, 0.2) is 0 Å². The molecule has 16 heavy (non-hydrogen) atoms. The molecule has 0 aromatic heterocycles. The van der Waals surface area contributed by atoms with Crippen LogP contribution in [0, 0.1) is 0 Å². The van der Waals surface area contributed by atoms with E-state index < -0.39 is 0 Å². The van der Waals surface area contributed by atoms with Crippen molar-refractivity contribution in [2.45, 2.75) is 18.9 Å². The largest absolute Gasteiger partial charge is 0.317 e. The third kappa shape index (κ3) is 8.85. The van der Waals surface area contributed by atoms with Gasteiger partial charge in [-0.05, 0) is 47.1 Å². The van der Waals surface area contributed by atoms with Crippen LogP contribution in [0.3, 0.4) is 0 Å². The molecular weight excluding hydrogens is 268 g/mol. The lowest BCUT2D eigenvalue weighted by atomic mass is 10.1. The van der Waals surface area contributed by atoms with Crippen LogP contribution < -0.4 is 5.32 Å². The van der Waals surface area contributed by atoms with Gasteiger partial charge in [0, 0.05) is 19.1 Å². The van der Waals surface area contributed by atoms with Crippen LogP contribution in [-0.4, -0.2) is 63.2 Å². The van der Waals surface area contributed by atoms with E-state index in [4.69, 9.17) is 0 Å². The molecule has 1 saturated heterocycles. The summed E-state index contributed by atoms with van der Waals surface area (Å²) in [7, 11) is 6.52. The molecule has 102 valence electrons. The molecule has 1 aliphatic heterocycles. The second kappa shape index (κ2) is 12.2. The number of likely N-dealkylation sites (N-methyl/N-ethyl adjacent to an activating group) is 2. The van der Waals surface area contributed by atoms with Gasteiger partial charge in [-0.3, -0.25) is 0 Å². The van der Waals surface area contributed by atoms with Crippen molar-refractivity contribution in [1.29, 1.82) is 0 Å². The zero-order valence-corrected chi connectivity index (χ0v) is 12.9. The van der Waals surface area contributed by atoms with Crippen molar-refractivity contribution in [2.75, 3.05) is 47.3 Å². The first-order chi connectivity index (χ1) is 6.20. The van der Waals surface area contributed by atoms with Crippen LogP contribution in [0.4, 0.5) is 0 Å². The molecule has 0 unspecified atom stereocenters. The van der Waals surface area contributed by atoms with Crippen molar-refractivity contribution in [2.24, 2.45) is 0 Å². The SMILES string of the molecule is CN(C)CCN(C)C1CCNCC1.Cl.Cl.Cl. The molecule has 0 saturated carbocycles. The zero-order valence-electron chi connectivity index (χ0n) is 10.4.